The number of ether oxygens (including phenoxy) is 2. The molecule has 0 spiro atoms. The van der Waals surface area contributed by atoms with E-state index in [1.807, 2.05) is 48.2 Å². The number of aliphatic hydroxyl groups is 1. The number of likely N-dealkylation sites (tertiary alicyclic amines) is 1. The third-order valence-electron chi connectivity index (χ3n) is 5.80. The van der Waals surface area contributed by atoms with Crippen molar-refractivity contribution < 1.29 is 19.4 Å². The molecule has 4 rings (SSSR count). The van der Waals surface area contributed by atoms with Crippen LogP contribution < -0.4 is 4.74 Å². The van der Waals surface area contributed by atoms with Crippen LogP contribution in [0.2, 0.25) is 0 Å². The van der Waals surface area contributed by atoms with E-state index >= 15 is 0 Å². The average Bonchev–Trinajstić information content (AvgIpc) is 3.08. The molecule has 1 amide bonds. The Kier molecular flexibility index (Phi) is 4.89. The lowest BCUT2D eigenvalue weighted by Crippen LogP contribution is -2.41. The SMILES string of the molecule is Cc1cccc(Oc2ccc(C(=O)N3C[C@@H]4COCC[C@]4(CO)C3)cc2)c1. The molecule has 2 aliphatic heterocycles. The first-order chi connectivity index (χ1) is 13.1. The number of aryl methyl sites for hydroxylation is 1. The van der Waals surface area contributed by atoms with Gasteiger partial charge in [0.05, 0.1) is 13.2 Å². The van der Waals surface area contributed by atoms with E-state index in [4.69, 9.17) is 9.47 Å². The fraction of sp³-hybridized carbons (Fsp3) is 0.409. The van der Waals surface area contributed by atoms with E-state index < -0.39 is 0 Å². The van der Waals surface area contributed by atoms with E-state index in [1.54, 1.807) is 12.1 Å². The molecular weight excluding hydrogens is 342 g/mol. The van der Waals surface area contributed by atoms with Crippen molar-refractivity contribution in [1.82, 2.24) is 4.90 Å². The smallest absolute Gasteiger partial charge is 0.253 e. The monoisotopic (exact) mass is 367 g/mol. The normalized spacial score (nSPS) is 24.5. The number of nitrogens with zero attached hydrogens (tertiary/aromatic N) is 1. The van der Waals surface area contributed by atoms with Crippen LogP contribution in [0.1, 0.15) is 22.3 Å². The number of benzene rings is 2. The molecule has 1 N–H and O–H groups in total. The maximum Gasteiger partial charge on any atom is 0.253 e. The Labute approximate surface area is 159 Å². The molecule has 27 heavy (non-hydrogen) atoms. The summed E-state index contributed by atoms with van der Waals surface area (Å²) >= 11 is 0. The highest BCUT2D eigenvalue weighted by atomic mass is 16.5. The standard InChI is InChI=1S/C22H25NO4/c1-16-3-2-4-20(11-16)27-19-7-5-17(6-8-19)21(25)23-12-18-13-26-10-9-22(18,14-23)15-24/h2-8,11,18,24H,9-10,12-15H2,1H3/t18-,22-/m1/s1. The van der Waals surface area contributed by atoms with Gasteiger partial charge < -0.3 is 19.5 Å². The minimum Gasteiger partial charge on any atom is -0.457 e. The molecule has 142 valence electrons. The molecule has 2 heterocycles. The van der Waals surface area contributed by atoms with Crippen LogP contribution in [0.5, 0.6) is 11.5 Å². The molecular formula is C22H25NO4. The number of hydrogen-bond donors (Lipinski definition) is 1. The summed E-state index contributed by atoms with van der Waals surface area (Å²) in [6.45, 7) is 4.64. The van der Waals surface area contributed by atoms with Crippen molar-refractivity contribution in [2.24, 2.45) is 11.3 Å². The molecule has 2 atom stereocenters. The molecule has 5 heteroatoms. The molecule has 0 saturated carbocycles. The predicted molar refractivity (Wildman–Crippen MR) is 102 cm³/mol. The molecule has 0 unspecified atom stereocenters. The van der Waals surface area contributed by atoms with E-state index in [0.29, 0.717) is 37.6 Å². The van der Waals surface area contributed by atoms with Gasteiger partial charge in [-0.25, -0.2) is 0 Å². The minimum atomic E-state index is -0.206. The van der Waals surface area contributed by atoms with Gasteiger partial charge >= 0.3 is 0 Å². The summed E-state index contributed by atoms with van der Waals surface area (Å²) in [5.41, 5.74) is 1.57. The van der Waals surface area contributed by atoms with Crippen molar-refractivity contribution in [2.75, 3.05) is 32.9 Å². The van der Waals surface area contributed by atoms with Crippen LogP contribution in [0, 0.1) is 18.3 Å². The molecule has 0 radical (unpaired) electrons. The third-order valence-corrected chi connectivity index (χ3v) is 5.80. The largest absolute Gasteiger partial charge is 0.457 e. The van der Waals surface area contributed by atoms with Crippen molar-refractivity contribution in [3.05, 3.63) is 59.7 Å². The number of carbonyl (C=O) groups is 1. The second kappa shape index (κ2) is 7.33. The number of amides is 1. The van der Waals surface area contributed by atoms with Gasteiger partial charge in [-0.3, -0.25) is 4.79 Å². The Hall–Kier alpha value is -2.37. The molecule has 2 fully saturated rings. The molecule has 2 aromatic carbocycles. The van der Waals surface area contributed by atoms with Gasteiger partial charge in [0.25, 0.3) is 5.91 Å². The van der Waals surface area contributed by atoms with Crippen molar-refractivity contribution in [1.29, 1.82) is 0 Å². The zero-order chi connectivity index (χ0) is 18.9. The third kappa shape index (κ3) is 3.57. The first-order valence-electron chi connectivity index (χ1n) is 9.42. The summed E-state index contributed by atoms with van der Waals surface area (Å²) < 4.78 is 11.4. The van der Waals surface area contributed by atoms with E-state index in [9.17, 15) is 9.90 Å². The zero-order valence-corrected chi connectivity index (χ0v) is 15.6. The molecule has 0 aliphatic carbocycles. The van der Waals surface area contributed by atoms with Crippen molar-refractivity contribution >= 4 is 5.91 Å². The highest BCUT2D eigenvalue weighted by molar-refractivity contribution is 5.94. The molecule has 2 saturated heterocycles. The van der Waals surface area contributed by atoms with Gasteiger partial charge in [-0.2, -0.15) is 0 Å². The fourth-order valence-corrected chi connectivity index (χ4v) is 4.12. The van der Waals surface area contributed by atoms with Crippen LogP contribution in [0.4, 0.5) is 0 Å². The van der Waals surface area contributed by atoms with Crippen LogP contribution in [-0.2, 0) is 4.74 Å². The first kappa shape index (κ1) is 18.0. The second-order valence-corrected chi connectivity index (χ2v) is 7.67. The summed E-state index contributed by atoms with van der Waals surface area (Å²) in [7, 11) is 0. The van der Waals surface area contributed by atoms with Crippen LogP contribution in [0.15, 0.2) is 48.5 Å². The van der Waals surface area contributed by atoms with Crippen LogP contribution in [0.25, 0.3) is 0 Å². The Morgan fingerprint density at radius 2 is 2.07 bits per heavy atom. The van der Waals surface area contributed by atoms with Gasteiger partial charge in [-0.05, 0) is 55.3 Å². The van der Waals surface area contributed by atoms with Gasteiger partial charge in [-0.1, -0.05) is 12.1 Å². The van der Waals surface area contributed by atoms with Crippen molar-refractivity contribution in [3.63, 3.8) is 0 Å². The molecule has 2 aliphatic rings. The summed E-state index contributed by atoms with van der Waals surface area (Å²) in [6, 6.07) is 15.1. The Balaban J connectivity index is 1.45. The fourth-order valence-electron chi connectivity index (χ4n) is 4.12. The van der Waals surface area contributed by atoms with Gasteiger partial charge in [0, 0.05) is 36.6 Å². The Morgan fingerprint density at radius 3 is 2.78 bits per heavy atom. The van der Waals surface area contributed by atoms with Crippen LogP contribution in [0.3, 0.4) is 0 Å². The number of fused-ring (bicyclic) bond motifs is 1. The van der Waals surface area contributed by atoms with Gasteiger partial charge in [-0.15, -0.1) is 0 Å². The van der Waals surface area contributed by atoms with Crippen LogP contribution >= 0.6 is 0 Å². The summed E-state index contributed by atoms with van der Waals surface area (Å²) in [4.78, 5) is 14.8. The lowest BCUT2D eigenvalue weighted by molar-refractivity contribution is -0.0415. The van der Waals surface area contributed by atoms with E-state index in [2.05, 4.69) is 0 Å². The van der Waals surface area contributed by atoms with Crippen LogP contribution in [-0.4, -0.2) is 48.8 Å². The summed E-state index contributed by atoms with van der Waals surface area (Å²) in [5, 5.41) is 9.91. The van der Waals surface area contributed by atoms with Gasteiger partial charge in [0.15, 0.2) is 0 Å². The highest BCUT2D eigenvalue weighted by Gasteiger charge is 2.49. The van der Waals surface area contributed by atoms with Crippen molar-refractivity contribution in [3.8, 4) is 11.5 Å². The van der Waals surface area contributed by atoms with Gasteiger partial charge in [0.2, 0.25) is 0 Å². The highest BCUT2D eigenvalue weighted by Crippen LogP contribution is 2.42. The minimum absolute atomic E-state index is 0.000620. The average molecular weight is 367 g/mol. The summed E-state index contributed by atoms with van der Waals surface area (Å²) in [6.07, 6.45) is 0.807. The van der Waals surface area contributed by atoms with E-state index in [1.165, 1.54) is 0 Å². The Bertz CT molecular complexity index is 819. The van der Waals surface area contributed by atoms with Gasteiger partial charge in [0.1, 0.15) is 11.5 Å². The number of rotatable bonds is 4. The lowest BCUT2D eigenvalue weighted by atomic mass is 9.75. The lowest BCUT2D eigenvalue weighted by Gasteiger charge is -2.36. The molecule has 0 bridgehead atoms. The maximum absolute atomic E-state index is 12.9. The maximum atomic E-state index is 12.9. The molecule has 5 nitrogen and oxygen atoms in total. The zero-order valence-electron chi connectivity index (χ0n) is 15.6. The van der Waals surface area contributed by atoms with E-state index in [-0.39, 0.29) is 23.8 Å². The number of carbonyl (C=O) groups excluding carboxylic acids is 1. The number of aliphatic hydroxyl groups excluding tert-OH is 1. The summed E-state index contributed by atoms with van der Waals surface area (Å²) in [5.74, 6) is 1.69. The topological polar surface area (TPSA) is 59.0 Å². The second-order valence-electron chi connectivity index (χ2n) is 7.67. The number of hydrogen-bond acceptors (Lipinski definition) is 4. The molecule has 2 aromatic rings. The van der Waals surface area contributed by atoms with Crippen molar-refractivity contribution in [2.45, 2.75) is 13.3 Å². The quantitative estimate of drug-likeness (QED) is 0.901. The predicted octanol–water partition coefficient (Wildman–Crippen LogP) is 3.26. The molecule has 0 aromatic heterocycles. The first-order valence-corrected chi connectivity index (χ1v) is 9.42. The van der Waals surface area contributed by atoms with E-state index in [0.717, 1.165) is 17.7 Å². The Morgan fingerprint density at radius 1 is 1.26 bits per heavy atom.